The van der Waals surface area contributed by atoms with Crippen LogP contribution in [0.15, 0.2) is 30.3 Å². The average Bonchev–Trinajstić information content (AvgIpc) is 2.63. The van der Waals surface area contributed by atoms with Gasteiger partial charge in [0.1, 0.15) is 0 Å². The Morgan fingerprint density at radius 2 is 2.14 bits per heavy atom. The van der Waals surface area contributed by atoms with E-state index in [4.69, 9.17) is 9.84 Å². The highest BCUT2D eigenvalue weighted by Gasteiger charge is 2.37. The van der Waals surface area contributed by atoms with Gasteiger partial charge in [-0.2, -0.15) is 0 Å². The van der Waals surface area contributed by atoms with Crippen molar-refractivity contribution in [3.05, 3.63) is 35.9 Å². The second-order valence-corrected chi connectivity index (χ2v) is 4.16. The molecule has 1 aromatic carbocycles. The van der Waals surface area contributed by atoms with E-state index < -0.39 is 0 Å². The van der Waals surface area contributed by atoms with Crippen LogP contribution in [-0.2, 0) is 10.3 Å². The zero-order valence-corrected chi connectivity index (χ0v) is 8.44. The molecule has 2 heteroatoms. The summed E-state index contributed by atoms with van der Waals surface area (Å²) in [5, 5.41) is 9.07. The molecule has 76 valence electrons. The molecule has 2 atom stereocenters. The fourth-order valence-electron chi connectivity index (χ4n) is 2.08. The molecule has 0 spiro atoms. The minimum atomic E-state index is -0.200. The number of ether oxygens (including phenoxy) is 1. The first-order valence-corrected chi connectivity index (χ1v) is 5.05. The van der Waals surface area contributed by atoms with Crippen LogP contribution in [0, 0.1) is 5.92 Å². The summed E-state index contributed by atoms with van der Waals surface area (Å²) >= 11 is 0. The molecule has 1 fully saturated rings. The highest BCUT2D eigenvalue weighted by molar-refractivity contribution is 5.22. The Morgan fingerprint density at radius 1 is 1.43 bits per heavy atom. The van der Waals surface area contributed by atoms with Crippen LogP contribution in [0.1, 0.15) is 18.9 Å². The Hall–Kier alpha value is -0.860. The van der Waals surface area contributed by atoms with Gasteiger partial charge in [-0.25, -0.2) is 0 Å². The second-order valence-electron chi connectivity index (χ2n) is 4.16. The highest BCUT2D eigenvalue weighted by Crippen LogP contribution is 2.38. The fraction of sp³-hybridized carbons (Fsp3) is 0.500. The van der Waals surface area contributed by atoms with Crippen LogP contribution in [-0.4, -0.2) is 18.3 Å². The normalized spacial score (nSPS) is 32.0. The first kappa shape index (κ1) is 9.69. The molecular weight excluding hydrogens is 176 g/mol. The molecule has 0 aromatic heterocycles. The van der Waals surface area contributed by atoms with E-state index in [0.717, 1.165) is 6.42 Å². The van der Waals surface area contributed by atoms with E-state index in [0.29, 0.717) is 12.5 Å². The van der Waals surface area contributed by atoms with Gasteiger partial charge >= 0.3 is 0 Å². The van der Waals surface area contributed by atoms with Crippen molar-refractivity contribution in [2.75, 3.05) is 13.2 Å². The lowest BCUT2D eigenvalue weighted by atomic mass is 9.89. The van der Waals surface area contributed by atoms with Crippen molar-refractivity contribution in [3.8, 4) is 0 Å². The number of hydrogen-bond acceptors (Lipinski definition) is 2. The van der Waals surface area contributed by atoms with E-state index >= 15 is 0 Å². The van der Waals surface area contributed by atoms with Crippen LogP contribution in [0.4, 0.5) is 0 Å². The molecule has 14 heavy (non-hydrogen) atoms. The molecule has 0 radical (unpaired) electrons. The first-order valence-electron chi connectivity index (χ1n) is 5.05. The van der Waals surface area contributed by atoms with Gasteiger partial charge in [0.15, 0.2) is 0 Å². The summed E-state index contributed by atoms with van der Waals surface area (Å²) in [5.41, 5.74) is 1.00. The van der Waals surface area contributed by atoms with Crippen LogP contribution < -0.4 is 0 Å². The molecule has 0 amide bonds. The van der Waals surface area contributed by atoms with Crippen LogP contribution in [0.5, 0.6) is 0 Å². The molecule has 1 N–H and O–H groups in total. The van der Waals surface area contributed by atoms with Crippen molar-refractivity contribution in [2.45, 2.75) is 18.9 Å². The molecule has 0 unspecified atom stereocenters. The molecule has 1 aliphatic heterocycles. The lowest BCUT2D eigenvalue weighted by Crippen LogP contribution is -2.20. The van der Waals surface area contributed by atoms with Crippen LogP contribution in [0.2, 0.25) is 0 Å². The van der Waals surface area contributed by atoms with Crippen molar-refractivity contribution in [3.63, 3.8) is 0 Å². The fourth-order valence-corrected chi connectivity index (χ4v) is 2.08. The smallest absolute Gasteiger partial charge is 0.0907 e. The lowest BCUT2D eigenvalue weighted by molar-refractivity contribution is 0.0148. The van der Waals surface area contributed by atoms with Crippen molar-refractivity contribution in [1.82, 2.24) is 0 Å². The molecule has 1 aliphatic rings. The molecule has 1 heterocycles. The largest absolute Gasteiger partial charge is 0.396 e. The summed E-state index contributed by atoms with van der Waals surface area (Å²) in [6.45, 7) is 2.99. The maximum atomic E-state index is 9.07. The van der Waals surface area contributed by atoms with Crippen molar-refractivity contribution >= 4 is 0 Å². The van der Waals surface area contributed by atoms with E-state index in [1.54, 1.807) is 0 Å². The summed E-state index contributed by atoms with van der Waals surface area (Å²) in [6, 6.07) is 10.2. The van der Waals surface area contributed by atoms with Crippen molar-refractivity contribution in [2.24, 2.45) is 5.92 Å². The number of aliphatic hydroxyl groups excluding tert-OH is 1. The maximum Gasteiger partial charge on any atom is 0.0907 e. The first-order chi connectivity index (χ1) is 6.74. The Morgan fingerprint density at radius 3 is 2.71 bits per heavy atom. The summed E-state index contributed by atoms with van der Waals surface area (Å²) in [5.74, 6) is 0.292. The molecule has 2 nitrogen and oxygen atoms in total. The SMILES string of the molecule is C[C@]1(c2ccccc2)C[C@@H](CO)CO1. The van der Waals surface area contributed by atoms with E-state index in [-0.39, 0.29) is 12.2 Å². The number of aliphatic hydroxyl groups is 1. The average molecular weight is 192 g/mol. The predicted octanol–water partition coefficient (Wildman–Crippen LogP) is 1.93. The quantitative estimate of drug-likeness (QED) is 0.775. The Bertz CT molecular complexity index is 296. The van der Waals surface area contributed by atoms with Gasteiger partial charge in [-0.05, 0) is 18.9 Å². The standard InChI is InChI=1S/C12H16O2/c1-12(7-10(8-13)9-14-12)11-5-3-2-4-6-11/h2-6,10,13H,7-9H2,1H3/t10-,12+/m0/s1. The second kappa shape index (κ2) is 3.71. The van der Waals surface area contributed by atoms with E-state index in [1.165, 1.54) is 5.56 Å². The zero-order valence-electron chi connectivity index (χ0n) is 8.44. The third kappa shape index (κ3) is 1.68. The van der Waals surface area contributed by atoms with Gasteiger partial charge in [-0.1, -0.05) is 30.3 Å². The Labute approximate surface area is 84.5 Å². The molecule has 0 aliphatic carbocycles. The van der Waals surface area contributed by atoms with Crippen LogP contribution in [0.25, 0.3) is 0 Å². The van der Waals surface area contributed by atoms with Crippen LogP contribution >= 0.6 is 0 Å². The third-order valence-electron chi connectivity index (χ3n) is 2.96. The minimum Gasteiger partial charge on any atom is -0.396 e. The summed E-state index contributed by atoms with van der Waals surface area (Å²) in [7, 11) is 0. The molecule has 1 aromatic rings. The maximum absolute atomic E-state index is 9.07. The van der Waals surface area contributed by atoms with Gasteiger partial charge in [-0.15, -0.1) is 0 Å². The molecule has 2 rings (SSSR count). The zero-order chi connectivity index (χ0) is 10.0. The monoisotopic (exact) mass is 192 g/mol. The lowest BCUT2D eigenvalue weighted by Gasteiger charge is -2.23. The Kier molecular flexibility index (Phi) is 2.57. The molecule has 1 saturated heterocycles. The van der Waals surface area contributed by atoms with Gasteiger partial charge in [0, 0.05) is 12.5 Å². The van der Waals surface area contributed by atoms with Gasteiger partial charge in [-0.3, -0.25) is 0 Å². The summed E-state index contributed by atoms with van der Waals surface area (Å²) < 4.78 is 5.77. The van der Waals surface area contributed by atoms with Crippen molar-refractivity contribution < 1.29 is 9.84 Å². The number of benzene rings is 1. The Balaban J connectivity index is 2.19. The summed E-state index contributed by atoms with van der Waals surface area (Å²) in [6.07, 6.45) is 0.910. The van der Waals surface area contributed by atoms with Gasteiger partial charge in [0.05, 0.1) is 12.2 Å². The molecule has 0 bridgehead atoms. The van der Waals surface area contributed by atoms with Gasteiger partial charge in [0.2, 0.25) is 0 Å². The van der Waals surface area contributed by atoms with Crippen LogP contribution in [0.3, 0.4) is 0 Å². The number of hydrogen-bond donors (Lipinski definition) is 1. The van der Waals surface area contributed by atoms with E-state index in [9.17, 15) is 0 Å². The molecular formula is C12H16O2. The number of rotatable bonds is 2. The predicted molar refractivity (Wildman–Crippen MR) is 54.9 cm³/mol. The topological polar surface area (TPSA) is 29.5 Å². The van der Waals surface area contributed by atoms with E-state index in [2.05, 4.69) is 19.1 Å². The minimum absolute atomic E-state index is 0.200. The van der Waals surface area contributed by atoms with Crippen molar-refractivity contribution in [1.29, 1.82) is 0 Å². The third-order valence-corrected chi connectivity index (χ3v) is 2.96. The summed E-state index contributed by atoms with van der Waals surface area (Å²) in [4.78, 5) is 0. The molecule has 0 saturated carbocycles. The van der Waals surface area contributed by atoms with Gasteiger partial charge in [0.25, 0.3) is 0 Å². The van der Waals surface area contributed by atoms with E-state index in [1.807, 2.05) is 18.2 Å². The van der Waals surface area contributed by atoms with Gasteiger partial charge < -0.3 is 9.84 Å². The highest BCUT2D eigenvalue weighted by atomic mass is 16.5.